The molecule has 5 nitrogen and oxygen atoms in total. The molecule has 0 atom stereocenters. The Morgan fingerprint density at radius 2 is 1.89 bits per heavy atom. The Balaban J connectivity index is 2.43. The van der Waals surface area contributed by atoms with Crippen LogP contribution in [-0.4, -0.2) is 29.6 Å². The van der Waals surface area contributed by atoms with Crippen LogP contribution in [-0.2, 0) is 0 Å². The average molecular weight is 297 g/mol. The Bertz CT molecular complexity index is 558. The van der Waals surface area contributed by atoms with Gasteiger partial charge in [0.1, 0.15) is 4.99 Å². The summed E-state index contributed by atoms with van der Waals surface area (Å²) in [5.41, 5.74) is 0.716. The number of amides is 1. The molecule has 1 saturated heterocycles. The summed E-state index contributed by atoms with van der Waals surface area (Å²) in [4.78, 5) is 12.2. The quantitative estimate of drug-likeness (QED) is 0.660. The summed E-state index contributed by atoms with van der Waals surface area (Å²) in [6.45, 7) is 0. The zero-order chi connectivity index (χ0) is 14.0. The van der Waals surface area contributed by atoms with Gasteiger partial charge in [-0.05, 0) is 35.5 Å². The molecular formula is C12H11NO4S2. The number of hydrogen-bond donors (Lipinski definition) is 2. The van der Waals surface area contributed by atoms with E-state index in [0.717, 1.165) is 11.8 Å². The van der Waals surface area contributed by atoms with E-state index >= 15 is 0 Å². The van der Waals surface area contributed by atoms with Crippen LogP contribution in [0, 0.1) is 0 Å². The second kappa shape index (κ2) is 5.50. The normalized spacial score (nSPS) is 16.6. The monoisotopic (exact) mass is 297 g/mol. The summed E-state index contributed by atoms with van der Waals surface area (Å²) < 4.78 is 10.1. The topological polar surface area (TPSA) is 67.8 Å². The van der Waals surface area contributed by atoms with Crippen LogP contribution in [0.4, 0.5) is 4.79 Å². The van der Waals surface area contributed by atoms with Gasteiger partial charge in [0, 0.05) is 0 Å². The van der Waals surface area contributed by atoms with Gasteiger partial charge in [0.05, 0.1) is 19.1 Å². The number of carbonyl (C=O) groups excluding carboxylic acids is 1. The van der Waals surface area contributed by atoms with Gasteiger partial charge in [-0.25, -0.2) is 0 Å². The third kappa shape index (κ3) is 2.82. The second-order valence-corrected chi connectivity index (χ2v) is 5.05. The lowest BCUT2D eigenvalue weighted by Gasteiger charge is -2.09. The summed E-state index contributed by atoms with van der Waals surface area (Å²) in [5, 5.41) is 12.1. The van der Waals surface area contributed by atoms with E-state index in [1.54, 1.807) is 18.2 Å². The molecule has 0 bridgehead atoms. The predicted molar refractivity (Wildman–Crippen MR) is 77.9 cm³/mol. The maximum Gasteiger partial charge on any atom is 0.289 e. The molecular weight excluding hydrogens is 286 g/mol. The highest BCUT2D eigenvalue weighted by atomic mass is 32.2. The van der Waals surface area contributed by atoms with E-state index in [4.69, 9.17) is 21.7 Å². The molecule has 1 amide bonds. The number of phenols is 1. The van der Waals surface area contributed by atoms with Gasteiger partial charge in [0.15, 0.2) is 11.5 Å². The fourth-order valence-corrected chi connectivity index (χ4v) is 2.60. The maximum atomic E-state index is 11.2. The van der Waals surface area contributed by atoms with Gasteiger partial charge < -0.3 is 19.9 Å². The van der Waals surface area contributed by atoms with Crippen molar-refractivity contribution < 1.29 is 19.4 Å². The summed E-state index contributed by atoms with van der Waals surface area (Å²) in [7, 11) is 2.90. The van der Waals surface area contributed by atoms with Crippen LogP contribution in [0.2, 0.25) is 0 Å². The molecule has 0 saturated carbocycles. The summed E-state index contributed by atoms with van der Waals surface area (Å²) >= 11 is 6.06. The van der Waals surface area contributed by atoms with Gasteiger partial charge >= 0.3 is 0 Å². The lowest BCUT2D eigenvalue weighted by atomic mass is 10.1. The lowest BCUT2D eigenvalue weighted by molar-refractivity contribution is 0.265. The molecule has 0 unspecified atom stereocenters. The number of benzene rings is 1. The van der Waals surface area contributed by atoms with Crippen LogP contribution in [0.3, 0.4) is 0 Å². The van der Waals surface area contributed by atoms with E-state index in [9.17, 15) is 9.90 Å². The zero-order valence-electron chi connectivity index (χ0n) is 10.2. The minimum absolute atomic E-state index is 0.0667. The molecule has 0 aliphatic carbocycles. The number of aromatic hydroxyl groups is 1. The smallest absolute Gasteiger partial charge is 0.289 e. The fraction of sp³-hybridized carbons (Fsp3) is 0.167. The van der Waals surface area contributed by atoms with Crippen molar-refractivity contribution in [3.05, 3.63) is 22.6 Å². The highest BCUT2D eigenvalue weighted by Gasteiger charge is 2.22. The Labute approximate surface area is 119 Å². The van der Waals surface area contributed by atoms with Gasteiger partial charge in [-0.3, -0.25) is 4.79 Å². The molecule has 1 aromatic carbocycles. The number of hydrogen-bond acceptors (Lipinski definition) is 6. The molecule has 1 aromatic rings. The molecule has 1 aliphatic rings. The first-order valence-corrected chi connectivity index (χ1v) is 6.47. The van der Waals surface area contributed by atoms with Crippen LogP contribution >= 0.6 is 24.0 Å². The van der Waals surface area contributed by atoms with E-state index in [-0.39, 0.29) is 11.0 Å². The van der Waals surface area contributed by atoms with Crippen molar-refractivity contribution >= 4 is 40.3 Å². The first kappa shape index (κ1) is 13.7. The van der Waals surface area contributed by atoms with Crippen LogP contribution in [0.5, 0.6) is 17.2 Å². The molecule has 2 N–H and O–H groups in total. The zero-order valence-corrected chi connectivity index (χ0v) is 11.9. The van der Waals surface area contributed by atoms with E-state index in [1.165, 1.54) is 14.2 Å². The van der Waals surface area contributed by atoms with E-state index in [1.807, 2.05) is 0 Å². The predicted octanol–water partition coefficient (Wildman–Crippen LogP) is 2.53. The second-order valence-electron chi connectivity index (χ2n) is 3.63. The van der Waals surface area contributed by atoms with Crippen molar-refractivity contribution in [3.63, 3.8) is 0 Å². The number of nitrogens with one attached hydrogen (secondary N) is 1. The number of thiocarbonyl (C=S) groups is 1. The molecule has 1 aliphatic heterocycles. The lowest BCUT2D eigenvalue weighted by Crippen LogP contribution is -2.15. The summed E-state index contributed by atoms with van der Waals surface area (Å²) in [5.74, 6) is 0.516. The minimum atomic E-state index is -0.200. The van der Waals surface area contributed by atoms with E-state index < -0.39 is 0 Å². The van der Waals surface area contributed by atoms with Gasteiger partial charge in [-0.1, -0.05) is 12.2 Å². The molecule has 1 heterocycles. The third-order valence-corrected chi connectivity index (χ3v) is 3.72. The van der Waals surface area contributed by atoms with Gasteiger partial charge in [0.2, 0.25) is 5.75 Å². The number of phenolic OH excluding ortho intramolecular Hbond substituents is 1. The molecule has 2 rings (SSSR count). The summed E-state index contributed by atoms with van der Waals surface area (Å²) in [6.07, 6.45) is 1.73. The van der Waals surface area contributed by atoms with Crippen molar-refractivity contribution in [1.29, 1.82) is 0 Å². The molecule has 0 aromatic heterocycles. The number of methoxy groups -OCH3 is 2. The Morgan fingerprint density at radius 1 is 1.32 bits per heavy atom. The van der Waals surface area contributed by atoms with Gasteiger partial charge in [-0.2, -0.15) is 0 Å². The van der Waals surface area contributed by atoms with Crippen molar-refractivity contribution in [1.82, 2.24) is 5.32 Å². The van der Waals surface area contributed by atoms with E-state index in [0.29, 0.717) is 27.0 Å². The number of ether oxygens (including phenoxy) is 2. The van der Waals surface area contributed by atoms with Gasteiger partial charge in [-0.15, -0.1) is 0 Å². The van der Waals surface area contributed by atoms with Gasteiger partial charge in [0.25, 0.3) is 5.24 Å². The average Bonchev–Trinajstić information content (AvgIpc) is 2.69. The Hall–Kier alpha value is -1.73. The Morgan fingerprint density at radius 3 is 2.32 bits per heavy atom. The third-order valence-electron chi connectivity index (χ3n) is 2.44. The van der Waals surface area contributed by atoms with Crippen LogP contribution in [0.25, 0.3) is 6.08 Å². The molecule has 1 fully saturated rings. The number of rotatable bonds is 3. The fourth-order valence-electron chi connectivity index (χ4n) is 1.57. The van der Waals surface area contributed by atoms with Crippen molar-refractivity contribution in [2.75, 3.05) is 14.2 Å². The SMILES string of the molecule is COc1cc(/C=C2/SC(=O)NC2=S)cc(OC)c1O. The maximum absolute atomic E-state index is 11.2. The first-order chi connectivity index (χ1) is 9.05. The highest BCUT2D eigenvalue weighted by molar-refractivity contribution is 8.19. The number of thioether (sulfide) groups is 1. The van der Waals surface area contributed by atoms with E-state index in [2.05, 4.69) is 5.32 Å². The Kier molecular flexibility index (Phi) is 3.96. The summed E-state index contributed by atoms with van der Waals surface area (Å²) in [6, 6.07) is 3.27. The largest absolute Gasteiger partial charge is 0.502 e. The van der Waals surface area contributed by atoms with Crippen LogP contribution in [0.1, 0.15) is 5.56 Å². The number of carbonyl (C=O) groups is 1. The molecule has 0 spiro atoms. The van der Waals surface area contributed by atoms with Crippen molar-refractivity contribution in [2.45, 2.75) is 0 Å². The highest BCUT2D eigenvalue weighted by Crippen LogP contribution is 2.38. The van der Waals surface area contributed by atoms with Crippen LogP contribution in [0.15, 0.2) is 17.0 Å². The standard InChI is InChI=1S/C12H11NO4S2/c1-16-7-3-6(4-8(17-2)10(7)14)5-9-11(18)13-12(15)19-9/h3-5,14H,1-2H3,(H,13,15,18)/b9-5+. The molecule has 0 radical (unpaired) electrons. The molecule has 100 valence electrons. The first-order valence-electron chi connectivity index (χ1n) is 5.25. The van der Waals surface area contributed by atoms with Crippen molar-refractivity contribution in [2.24, 2.45) is 0 Å². The molecule has 19 heavy (non-hydrogen) atoms. The minimum Gasteiger partial charge on any atom is -0.502 e. The van der Waals surface area contributed by atoms with Crippen LogP contribution < -0.4 is 14.8 Å². The van der Waals surface area contributed by atoms with Crippen molar-refractivity contribution in [3.8, 4) is 17.2 Å². The molecule has 7 heteroatoms.